The molecule has 3 aliphatic rings. The average Bonchev–Trinajstić information content (AvgIpc) is 3.27. The van der Waals surface area contributed by atoms with E-state index in [0.29, 0.717) is 38.3 Å². The number of hydrogen-bond acceptors (Lipinski definition) is 5. The van der Waals surface area contributed by atoms with Crippen molar-refractivity contribution in [1.82, 2.24) is 19.8 Å². The smallest absolute Gasteiger partial charge is 0.371 e. The van der Waals surface area contributed by atoms with Crippen molar-refractivity contribution < 1.29 is 18.0 Å². The van der Waals surface area contributed by atoms with E-state index < -0.39 is 11.9 Å². The molecule has 5 heterocycles. The lowest BCUT2D eigenvalue weighted by atomic mass is 9.95. The largest absolute Gasteiger partial charge is 0.433 e. The van der Waals surface area contributed by atoms with Crippen LogP contribution in [0.3, 0.4) is 0 Å². The SMILES string of the molecule is O=C(CC1CN(c2ccnc(C(F)(F)F)c2)C1)N1Cc2cc3c(nc2C1)CCN(Cc1ccccc1)C3. The van der Waals surface area contributed by atoms with Gasteiger partial charge in [0.2, 0.25) is 5.91 Å². The highest BCUT2D eigenvalue weighted by molar-refractivity contribution is 5.77. The number of halogens is 3. The van der Waals surface area contributed by atoms with Gasteiger partial charge < -0.3 is 9.80 Å². The summed E-state index contributed by atoms with van der Waals surface area (Å²) in [6.45, 7) is 4.98. The minimum absolute atomic E-state index is 0.0806. The summed E-state index contributed by atoms with van der Waals surface area (Å²) >= 11 is 0. The van der Waals surface area contributed by atoms with Gasteiger partial charge in [-0.15, -0.1) is 0 Å². The number of carbonyl (C=O) groups is 1. The van der Waals surface area contributed by atoms with E-state index in [4.69, 9.17) is 4.98 Å². The lowest BCUT2D eigenvalue weighted by Crippen LogP contribution is -2.48. The molecule has 1 amide bonds. The second-order valence-corrected chi connectivity index (χ2v) is 10.3. The molecule has 0 saturated carbocycles. The lowest BCUT2D eigenvalue weighted by molar-refractivity contribution is -0.141. The number of fused-ring (bicyclic) bond motifs is 2. The van der Waals surface area contributed by atoms with Gasteiger partial charge in [0.25, 0.3) is 0 Å². The Hall–Kier alpha value is -3.46. The maximum atomic E-state index is 13.0. The minimum atomic E-state index is -4.46. The first-order valence-electron chi connectivity index (χ1n) is 12.6. The van der Waals surface area contributed by atoms with Gasteiger partial charge in [-0.1, -0.05) is 30.3 Å². The summed E-state index contributed by atoms with van der Waals surface area (Å²) in [5, 5.41) is 0. The normalized spacial score (nSPS) is 17.9. The number of amides is 1. The van der Waals surface area contributed by atoms with E-state index in [1.165, 1.54) is 17.3 Å². The molecule has 0 N–H and O–H groups in total. The minimum Gasteiger partial charge on any atom is -0.371 e. The van der Waals surface area contributed by atoms with Gasteiger partial charge in [-0.2, -0.15) is 13.2 Å². The lowest BCUT2D eigenvalue weighted by Gasteiger charge is -2.41. The van der Waals surface area contributed by atoms with Crippen molar-refractivity contribution in [2.24, 2.45) is 5.92 Å². The number of carbonyl (C=O) groups excluding carboxylic acids is 1. The van der Waals surface area contributed by atoms with Crippen LogP contribution in [-0.2, 0) is 43.6 Å². The number of pyridine rings is 2. The van der Waals surface area contributed by atoms with Crippen LogP contribution in [0.25, 0.3) is 0 Å². The molecule has 1 fully saturated rings. The van der Waals surface area contributed by atoms with Gasteiger partial charge >= 0.3 is 6.18 Å². The van der Waals surface area contributed by atoms with Crippen LogP contribution < -0.4 is 4.90 Å². The number of nitrogens with zero attached hydrogens (tertiary/aromatic N) is 5. The van der Waals surface area contributed by atoms with E-state index in [0.717, 1.165) is 49.1 Å². The Kier molecular flexibility index (Phi) is 6.10. The summed E-state index contributed by atoms with van der Waals surface area (Å²) < 4.78 is 38.9. The number of alkyl halides is 3. The Labute approximate surface area is 213 Å². The predicted molar refractivity (Wildman–Crippen MR) is 132 cm³/mol. The molecule has 1 aromatic carbocycles. The molecule has 3 aromatic rings. The molecule has 0 bridgehead atoms. The zero-order chi connectivity index (χ0) is 25.6. The van der Waals surface area contributed by atoms with Crippen LogP contribution in [0.15, 0.2) is 54.7 Å². The summed E-state index contributed by atoms with van der Waals surface area (Å²) in [6.07, 6.45) is -1.97. The maximum Gasteiger partial charge on any atom is 0.433 e. The molecule has 0 aliphatic carbocycles. The number of rotatable bonds is 5. The fourth-order valence-corrected chi connectivity index (χ4v) is 5.55. The van der Waals surface area contributed by atoms with Gasteiger partial charge in [-0.05, 0) is 34.9 Å². The fraction of sp³-hybridized carbons (Fsp3) is 0.393. The van der Waals surface area contributed by atoms with Crippen molar-refractivity contribution in [3.05, 3.63) is 88.5 Å². The molecule has 37 heavy (non-hydrogen) atoms. The monoisotopic (exact) mass is 507 g/mol. The summed E-state index contributed by atoms with van der Waals surface area (Å²) in [5.74, 6) is 0.212. The quantitative estimate of drug-likeness (QED) is 0.512. The van der Waals surface area contributed by atoms with Crippen LogP contribution >= 0.6 is 0 Å². The standard InChI is InChI=1S/C28H28F3N5O/c29-28(30,31)26-12-23(6-8-32-26)35-14-20(15-35)10-27(37)36-17-22-11-21-16-34(13-19-4-2-1-3-5-19)9-7-24(21)33-25(22)18-36/h1-6,8,11-12,20H,7,9-10,13-18H2. The van der Waals surface area contributed by atoms with E-state index in [2.05, 4.69) is 40.2 Å². The van der Waals surface area contributed by atoms with E-state index in [1.807, 2.05) is 15.9 Å². The average molecular weight is 508 g/mol. The molecule has 0 unspecified atom stereocenters. The zero-order valence-electron chi connectivity index (χ0n) is 20.4. The molecule has 0 atom stereocenters. The molecule has 0 spiro atoms. The molecule has 1 saturated heterocycles. The summed E-state index contributed by atoms with van der Waals surface area (Å²) in [6, 6.07) is 15.4. The van der Waals surface area contributed by atoms with Crippen molar-refractivity contribution in [2.45, 2.75) is 45.2 Å². The number of anilines is 1. The number of benzene rings is 1. The Morgan fingerprint density at radius 1 is 0.973 bits per heavy atom. The molecule has 9 heteroatoms. The Balaban J connectivity index is 1.03. The Morgan fingerprint density at radius 3 is 2.54 bits per heavy atom. The number of hydrogen-bond donors (Lipinski definition) is 0. The van der Waals surface area contributed by atoms with Gasteiger partial charge in [0.15, 0.2) is 0 Å². The molecule has 0 radical (unpaired) electrons. The van der Waals surface area contributed by atoms with Crippen molar-refractivity contribution in [1.29, 1.82) is 0 Å². The zero-order valence-corrected chi connectivity index (χ0v) is 20.4. The predicted octanol–water partition coefficient (Wildman–Crippen LogP) is 4.42. The first-order chi connectivity index (χ1) is 17.8. The maximum absolute atomic E-state index is 13.0. The Bertz CT molecular complexity index is 1310. The van der Waals surface area contributed by atoms with Crippen LogP contribution in [0.2, 0.25) is 0 Å². The molecule has 192 valence electrons. The third-order valence-electron chi connectivity index (χ3n) is 7.54. The third kappa shape index (κ3) is 5.05. The molecule has 3 aliphatic heterocycles. The van der Waals surface area contributed by atoms with Gasteiger partial charge in [0.05, 0.1) is 12.2 Å². The van der Waals surface area contributed by atoms with Gasteiger partial charge in [0.1, 0.15) is 5.69 Å². The molecular weight excluding hydrogens is 479 g/mol. The highest BCUT2D eigenvalue weighted by Gasteiger charge is 2.36. The molecular formula is C28H28F3N5O. The van der Waals surface area contributed by atoms with Gasteiger partial charge in [0, 0.05) is 75.6 Å². The van der Waals surface area contributed by atoms with E-state index in [-0.39, 0.29) is 11.8 Å². The summed E-state index contributed by atoms with van der Waals surface area (Å²) in [5.41, 5.74) is 5.42. The van der Waals surface area contributed by atoms with E-state index >= 15 is 0 Å². The van der Waals surface area contributed by atoms with Gasteiger partial charge in [-0.25, -0.2) is 0 Å². The highest BCUT2D eigenvalue weighted by Crippen LogP contribution is 2.34. The summed E-state index contributed by atoms with van der Waals surface area (Å²) in [4.78, 5) is 27.6. The second-order valence-electron chi connectivity index (χ2n) is 10.3. The van der Waals surface area contributed by atoms with Crippen LogP contribution in [0.5, 0.6) is 0 Å². The fourth-order valence-electron chi connectivity index (χ4n) is 5.55. The Morgan fingerprint density at radius 2 is 1.76 bits per heavy atom. The van der Waals surface area contributed by atoms with E-state index in [9.17, 15) is 18.0 Å². The molecule has 6 rings (SSSR count). The van der Waals surface area contributed by atoms with Crippen LogP contribution in [0, 0.1) is 5.92 Å². The van der Waals surface area contributed by atoms with Crippen molar-refractivity contribution in [3.63, 3.8) is 0 Å². The van der Waals surface area contributed by atoms with Crippen LogP contribution in [-0.4, -0.2) is 45.3 Å². The third-order valence-corrected chi connectivity index (χ3v) is 7.54. The van der Waals surface area contributed by atoms with Gasteiger partial charge in [-0.3, -0.25) is 19.7 Å². The molecule has 2 aromatic heterocycles. The first-order valence-corrected chi connectivity index (χ1v) is 12.6. The van der Waals surface area contributed by atoms with Crippen LogP contribution in [0.1, 0.15) is 40.2 Å². The van der Waals surface area contributed by atoms with Crippen molar-refractivity contribution in [3.8, 4) is 0 Å². The van der Waals surface area contributed by atoms with E-state index in [1.54, 1.807) is 6.07 Å². The highest BCUT2D eigenvalue weighted by atomic mass is 19.4. The second kappa shape index (κ2) is 9.45. The number of aromatic nitrogens is 2. The van der Waals surface area contributed by atoms with Crippen molar-refractivity contribution >= 4 is 11.6 Å². The topological polar surface area (TPSA) is 52.6 Å². The molecule has 6 nitrogen and oxygen atoms in total. The first kappa shape index (κ1) is 23.9. The van der Waals surface area contributed by atoms with Crippen molar-refractivity contribution in [2.75, 3.05) is 24.5 Å². The van der Waals surface area contributed by atoms with Crippen LogP contribution in [0.4, 0.5) is 18.9 Å². The summed E-state index contributed by atoms with van der Waals surface area (Å²) in [7, 11) is 0.